The maximum Gasteiger partial charge on any atom is 0.181 e. The van der Waals surface area contributed by atoms with E-state index in [4.69, 9.17) is 16.9 Å². The molecule has 0 radical (unpaired) electrons. The van der Waals surface area contributed by atoms with Gasteiger partial charge in [-0.3, -0.25) is 5.32 Å². The second kappa shape index (κ2) is 3.74. The molecular formula is C7H3BrClFN2. The molecule has 0 aliphatic carbocycles. The van der Waals surface area contributed by atoms with Crippen LogP contribution in [0.5, 0.6) is 0 Å². The van der Waals surface area contributed by atoms with Crippen molar-refractivity contribution < 1.29 is 4.39 Å². The quantitative estimate of drug-likeness (QED) is 0.613. The van der Waals surface area contributed by atoms with Gasteiger partial charge in [-0.15, -0.1) is 0 Å². The molecule has 0 bridgehead atoms. The minimum atomic E-state index is -0.449. The minimum Gasteiger partial charge on any atom is -0.290 e. The largest absolute Gasteiger partial charge is 0.290 e. The van der Waals surface area contributed by atoms with Crippen LogP contribution in [0.2, 0.25) is 5.02 Å². The van der Waals surface area contributed by atoms with Crippen LogP contribution in [0.1, 0.15) is 0 Å². The van der Waals surface area contributed by atoms with Crippen molar-refractivity contribution in [1.29, 1.82) is 5.26 Å². The average molecular weight is 249 g/mol. The van der Waals surface area contributed by atoms with Gasteiger partial charge in [-0.05, 0) is 28.1 Å². The lowest BCUT2D eigenvalue weighted by Crippen LogP contribution is -1.90. The highest BCUT2D eigenvalue weighted by atomic mass is 79.9. The van der Waals surface area contributed by atoms with Gasteiger partial charge in [0.2, 0.25) is 0 Å². The van der Waals surface area contributed by atoms with Crippen molar-refractivity contribution in [3.8, 4) is 6.19 Å². The molecule has 0 atom stereocenters. The molecule has 62 valence electrons. The van der Waals surface area contributed by atoms with Crippen LogP contribution in [0.3, 0.4) is 0 Å². The molecule has 0 spiro atoms. The van der Waals surface area contributed by atoms with E-state index in [9.17, 15) is 4.39 Å². The van der Waals surface area contributed by atoms with Crippen LogP contribution in [0.15, 0.2) is 16.6 Å². The Morgan fingerprint density at radius 2 is 2.25 bits per heavy atom. The zero-order valence-corrected chi connectivity index (χ0v) is 8.08. The second-order valence-corrected chi connectivity index (χ2v) is 3.24. The number of rotatable bonds is 1. The van der Waals surface area contributed by atoms with E-state index < -0.39 is 5.82 Å². The average Bonchev–Trinajstić information content (AvgIpc) is 1.96. The molecule has 0 amide bonds. The Hall–Kier alpha value is -0.790. The summed E-state index contributed by atoms with van der Waals surface area (Å²) in [6, 6.07) is 2.36. The minimum absolute atomic E-state index is 0.170. The Balaban J connectivity index is 3.21. The van der Waals surface area contributed by atoms with Crippen LogP contribution in [-0.4, -0.2) is 0 Å². The first-order valence-electron chi connectivity index (χ1n) is 2.95. The highest BCUT2D eigenvalue weighted by Crippen LogP contribution is 2.31. The first-order chi connectivity index (χ1) is 5.65. The number of hydrogen-bond donors (Lipinski definition) is 1. The third-order valence-corrected chi connectivity index (χ3v) is 2.11. The van der Waals surface area contributed by atoms with Crippen LogP contribution in [-0.2, 0) is 0 Å². The van der Waals surface area contributed by atoms with Crippen molar-refractivity contribution in [2.24, 2.45) is 0 Å². The molecule has 0 aliphatic rings. The van der Waals surface area contributed by atoms with Crippen molar-refractivity contribution in [3.05, 3.63) is 27.4 Å². The van der Waals surface area contributed by atoms with Gasteiger partial charge in [-0.25, -0.2) is 4.39 Å². The molecule has 1 rings (SSSR count). The van der Waals surface area contributed by atoms with Crippen LogP contribution < -0.4 is 5.32 Å². The lowest BCUT2D eigenvalue weighted by molar-refractivity contribution is 0.627. The summed E-state index contributed by atoms with van der Waals surface area (Å²) in [4.78, 5) is 0. The number of anilines is 1. The third kappa shape index (κ3) is 1.87. The van der Waals surface area contributed by atoms with Gasteiger partial charge in [0, 0.05) is 4.47 Å². The van der Waals surface area contributed by atoms with Crippen molar-refractivity contribution in [2.45, 2.75) is 0 Å². The van der Waals surface area contributed by atoms with Crippen molar-refractivity contribution in [1.82, 2.24) is 0 Å². The molecule has 1 N–H and O–H groups in total. The second-order valence-electron chi connectivity index (χ2n) is 1.98. The Morgan fingerprint density at radius 1 is 1.58 bits per heavy atom. The molecule has 0 heterocycles. The van der Waals surface area contributed by atoms with E-state index in [1.807, 2.05) is 0 Å². The molecule has 1 aromatic carbocycles. The molecule has 0 unspecified atom stereocenters. The first kappa shape index (κ1) is 9.30. The zero-order valence-electron chi connectivity index (χ0n) is 5.74. The summed E-state index contributed by atoms with van der Waals surface area (Å²) < 4.78 is 13.0. The number of benzene rings is 1. The van der Waals surface area contributed by atoms with E-state index in [-0.39, 0.29) is 5.02 Å². The van der Waals surface area contributed by atoms with E-state index in [1.54, 1.807) is 6.19 Å². The summed E-state index contributed by atoms with van der Waals surface area (Å²) in [6.45, 7) is 0. The Labute approximate surface area is 82.1 Å². The lowest BCUT2D eigenvalue weighted by atomic mass is 10.3. The summed E-state index contributed by atoms with van der Waals surface area (Å²) in [5, 5.41) is 10.8. The van der Waals surface area contributed by atoms with E-state index in [0.29, 0.717) is 10.2 Å². The maximum atomic E-state index is 12.6. The monoisotopic (exact) mass is 248 g/mol. The first-order valence-corrected chi connectivity index (χ1v) is 4.12. The van der Waals surface area contributed by atoms with Crippen LogP contribution in [0.25, 0.3) is 0 Å². The predicted octanol–water partition coefficient (Wildman–Crippen LogP) is 3.13. The number of halogens is 3. The van der Waals surface area contributed by atoms with Crippen LogP contribution in [0.4, 0.5) is 10.1 Å². The van der Waals surface area contributed by atoms with E-state index in [0.717, 1.165) is 6.07 Å². The Kier molecular flexibility index (Phi) is 2.90. The van der Waals surface area contributed by atoms with Gasteiger partial charge >= 0.3 is 0 Å². The normalized spacial score (nSPS) is 9.17. The molecule has 0 aliphatic heterocycles. The highest BCUT2D eigenvalue weighted by molar-refractivity contribution is 9.10. The van der Waals surface area contributed by atoms with Crippen LogP contribution >= 0.6 is 27.5 Å². The summed E-state index contributed by atoms with van der Waals surface area (Å²) >= 11 is 8.69. The molecule has 1 aromatic rings. The van der Waals surface area contributed by atoms with E-state index in [2.05, 4.69) is 21.2 Å². The van der Waals surface area contributed by atoms with Crippen molar-refractivity contribution in [2.75, 3.05) is 5.32 Å². The standard InChI is InChI=1S/C7H3BrClFN2/c8-5-1-4(10)2-6(9)7(5)12-3-11/h1-2,12H. The van der Waals surface area contributed by atoms with E-state index in [1.165, 1.54) is 6.07 Å². The summed E-state index contributed by atoms with van der Waals surface area (Å²) in [5.74, 6) is -0.449. The number of nitrogens with zero attached hydrogens (tertiary/aromatic N) is 1. The SMILES string of the molecule is N#CNc1c(Cl)cc(F)cc1Br. The lowest BCUT2D eigenvalue weighted by Gasteiger charge is -2.03. The molecule has 5 heteroatoms. The van der Waals surface area contributed by atoms with Gasteiger partial charge in [0.15, 0.2) is 6.19 Å². The molecule has 12 heavy (non-hydrogen) atoms. The fourth-order valence-electron chi connectivity index (χ4n) is 0.718. The highest BCUT2D eigenvalue weighted by Gasteiger charge is 2.06. The number of hydrogen-bond acceptors (Lipinski definition) is 2. The predicted molar refractivity (Wildman–Crippen MR) is 48.3 cm³/mol. The summed E-state index contributed by atoms with van der Waals surface area (Å²) in [6.07, 6.45) is 1.70. The zero-order chi connectivity index (χ0) is 9.14. The molecule has 0 saturated heterocycles. The number of nitriles is 1. The summed E-state index contributed by atoms with van der Waals surface area (Å²) in [7, 11) is 0. The van der Waals surface area contributed by atoms with Gasteiger partial charge in [0.25, 0.3) is 0 Å². The smallest absolute Gasteiger partial charge is 0.181 e. The van der Waals surface area contributed by atoms with Crippen molar-refractivity contribution >= 4 is 33.2 Å². The van der Waals surface area contributed by atoms with Crippen LogP contribution in [0, 0.1) is 17.3 Å². The van der Waals surface area contributed by atoms with E-state index >= 15 is 0 Å². The van der Waals surface area contributed by atoms with Gasteiger partial charge in [-0.2, -0.15) is 5.26 Å². The Morgan fingerprint density at radius 3 is 2.75 bits per heavy atom. The fraction of sp³-hybridized carbons (Fsp3) is 0. The van der Waals surface area contributed by atoms with Crippen molar-refractivity contribution in [3.63, 3.8) is 0 Å². The molecule has 0 fully saturated rings. The molecule has 2 nitrogen and oxygen atoms in total. The van der Waals surface area contributed by atoms with Gasteiger partial charge < -0.3 is 0 Å². The third-order valence-electron chi connectivity index (χ3n) is 1.19. The fourth-order valence-corrected chi connectivity index (χ4v) is 1.62. The molecule has 0 saturated carbocycles. The molecular weight excluding hydrogens is 246 g/mol. The van der Waals surface area contributed by atoms with Gasteiger partial charge in [-0.1, -0.05) is 11.6 Å². The maximum absolute atomic E-state index is 12.6. The van der Waals surface area contributed by atoms with Gasteiger partial charge in [0.1, 0.15) is 5.82 Å². The van der Waals surface area contributed by atoms with Gasteiger partial charge in [0.05, 0.1) is 10.7 Å². The number of nitrogens with one attached hydrogen (secondary N) is 1. The summed E-state index contributed by atoms with van der Waals surface area (Å²) in [5.41, 5.74) is 0.376. The topological polar surface area (TPSA) is 35.8 Å². The molecule has 0 aromatic heterocycles. The Bertz CT molecular complexity index is 325.